The molecule has 1 aliphatic rings. The molecule has 0 fully saturated rings. The van der Waals surface area contributed by atoms with Gasteiger partial charge in [-0.2, -0.15) is 0 Å². The molecule has 15 heteroatoms. The average molecular weight is 667 g/mol. The molecule has 0 aliphatic carbocycles. The molecule has 4 N–H and O–H groups in total. The average Bonchev–Trinajstić information content (AvgIpc) is 3.68. The van der Waals surface area contributed by atoms with Gasteiger partial charge in [-0.1, -0.05) is 44.2 Å². The van der Waals surface area contributed by atoms with Crippen LogP contribution in [0.3, 0.4) is 0 Å². The van der Waals surface area contributed by atoms with Gasteiger partial charge < -0.3 is 35.5 Å². The molecule has 0 spiro atoms. The second kappa shape index (κ2) is 16.2. The van der Waals surface area contributed by atoms with Crippen LogP contribution in [0.25, 0.3) is 0 Å². The molecule has 0 saturated heterocycles. The van der Waals surface area contributed by atoms with Crippen LogP contribution in [0.1, 0.15) is 82.0 Å². The second-order valence-electron chi connectivity index (χ2n) is 11.8. The molecule has 6 amide bonds. The number of nitrogens with one attached hydrogen (secondary N) is 4. The summed E-state index contributed by atoms with van der Waals surface area (Å²) in [4.78, 5) is 76.6. The zero-order chi connectivity index (χ0) is 34.1. The number of hydrogen-bond donors (Lipinski definition) is 4. The highest BCUT2D eigenvalue weighted by Gasteiger charge is 2.29. The number of oxazole rings is 1. The van der Waals surface area contributed by atoms with Crippen LogP contribution in [0.15, 0.2) is 40.1 Å². The lowest BCUT2D eigenvalue weighted by Gasteiger charge is -2.24. The van der Waals surface area contributed by atoms with E-state index in [0.717, 1.165) is 5.56 Å². The molecule has 2 aromatic heterocycles. The van der Waals surface area contributed by atoms with E-state index in [1.54, 1.807) is 26.4 Å². The Morgan fingerprint density at radius 1 is 1.09 bits per heavy atom. The fourth-order valence-corrected chi connectivity index (χ4v) is 5.98. The van der Waals surface area contributed by atoms with Gasteiger partial charge >= 0.3 is 6.03 Å². The number of benzene rings is 1. The number of urea groups is 1. The summed E-state index contributed by atoms with van der Waals surface area (Å²) in [5, 5.41) is 13.5. The molecule has 0 radical (unpaired) electrons. The molecule has 0 saturated carbocycles. The lowest BCUT2D eigenvalue weighted by molar-refractivity contribution is -0.130. The molecule has 1 aliphatic heterocycles. The van der Waals surface area contributed by atoms with Crippen LogP contribution in [0.4, 0.5) is 4.79 Å². The summed E-state index contributed by atoms with van der Waals surface area (Å²) in [6.07, 6.45) is 0.770. The van der Waals surface area contributed by atoms with E-state index in [-0.39, 0.29) is 67.6 Å². The Kier molecular flexibility index (Phi) is 12.1. The SMILES string of the molecule is Cc1oc2nc1C(=O)N[C@@H](C(C)C)c1nc(cs1)C(=O)NCCN(C(=O)CNC(=O)N(C)C)CCCC(=O)N[C@H]2Cc1ccccc1. The predicted molar refractivity (Wildman–Crippen MR) is 175 cm³/mol. The summed E-state index contributed by atoms with van der Waals surface area (Å²) in [6, 6.07) is 7.97. The first-order valence-electron chi connectivity index (χ1n) is 15.5. The highest BCUT2D eigenvalue weighted by atomic mass is 32.1. The summed E-state index contributed by atoms with van der Waals surface area (Å²) in [5.41, 5.74) is 1.22. The number of aromatic nitrogens is 2. The number of carbonyl (C=O) groups is 5. The molecule has 3 aromatic rings. The maximum Gasteiger partial charge on any atom is 0.317 e. The Balaban J connectivity index is 1.62. The molecule has 47 heavy (non-hydrogen) atoms. The maximum atomic E-state index is 13.5. The van der Waals surface area contributed by atoms with Gasteiger partial charge in [-0.3, -0.25) is 19.2 Å². The third-order valence-corrected chi connectivity index (χ3v) is 8.49. The Hall–Kier alpha value is -4.79. The first-order chi connectivity index (χ1) is 22.4. The standard InChI is InChI=1S/C32H42N8O6S/c1-19(2)26-31-36-23(18-47-31)28(43)33-13-15-40(25(42)17-34-32(45)39(4)5)14-9-12-24(41)35-22(16-21-10-7-6-8-11-21)30-38-27(20(3)46-30)29(44)37-26/h6-8,10-11,18-19,22,26H,9,12-17H2,1-5H3,(H,33,43)(H,34,45)(H,35,41)(H,37,44)/t22-,26-/m0/s1. The Labute approximate surface area is 277 Å². The van der Waals surface area contributed by atoms with Crippen molar-refractivity contribution in [1.82, 2.24) is 41.0 Å². The number of amides is 6. The predicted octanol–water partition coefficient (Wildman–Crippen LogP) is 2.59. The number of hydrogen-bond acceptors (Lipinski definition) is 9. The van der Waals surface area contributed by atoms with Crippen LogP contribution in [0.2, 0.25) is 0 Å². The number of carbonyl (C=O) groups excluding carboxylic acids is 5. The number of rotatable bonds is 5. The lowest BCUT2D eigenvalue weighted by Crippen LogP contribution is -2.46. The molecule has 14 nitrogen and oxygen atoms in total. The van der Waals surface area contributed by atoms with Crippen molar-refractivity contribution in [2.24, 2.45) is 5.92 Å². The van der Waals surface area contributed by atoms with Crippen LogP contribution in [-0.2, 0) is 16.0 Å². The van der Waals surface area contributed by atoms with E-state index in [9.17, 15) is 24.0 Å². The highest BCUT2D eigenvalue weighted by Crippen LogP contribution is 2.27. The number of aryl methyl sites for hydroxylation is 1. The summed E-state index contributed by atoms with van der Waals surface area (Å²) in [5.74, 6) is -1.10. The molecule has 4 rings (SSSR count). The van der Waals surface area contributed by atoms with Gasteiger partial charge in [0.1, 0.15) is 22.5 Å². The molecular formula is C32H42N8O6S. The minimum absolute atomic E-state index is 0.0665. The van der Waals surface area contributed by atoms with Gasteiger partial charge in [0.25, 0.3) is 11.8 Å². The van der Waals surface area contributed by atoms with Crippen molar-refractivity contribution in [2.45, 2.75) is 52.1 Å². The maximum absolute atomic E-state index is 13.5. The van der Waals surface area contributed by atoms with E-state index in [1.165, 1.54) is 21.1 Å². The Morgan fingerprint density at radius 3 is 2.53 bits per heavy atom. The first kappa shape index (κ1) is 35.1. The Bertz CT molecular complexity index is 1570. The van der Waals surface area contributed by atoms with Gasteiger partial charge in [0.2, 0.25) is 17.7 Å². The smallest absolute Gasteiger partial charge is 0.317 e. The molecule has 1 aromatic carbocycles. The second-order valence-corrected chi connectivity index (χ2v) is 12.7. The quantitative estimate of drug-likeness (QED) is 0.321. The van der Waals surface area contributed by atoms with Gasteiger partial charge in [0.15, 0.2) is 5.69 Å². The third-order valence-electron chi connectivity index (χ3n) is 7.57. The zero-order valence-corrected chi connectivity index (χ0v) is 28.1. The van der Waals surface area contributed by atoms with E-state index in [4.69, 9.17) is 4.42 Å². The van der Waals surface area contributed by atoms with Crippen LogP contribution in [0, 0.1) is 12.8 Å². The fraction of sp³-hybridized carbons (Fsp3) is 0.469. The molecule has 3 heterocycles. The first-order valence-corrected chi connectivity index (χ1v) is 16.4. The van der Waals surface area contributed by atoms with Gasteiger partial charge in [-0.25, -0.2) is 14.8 Å². The fourth-order valence-electron chi connectivity index (χ4n) is 4.96. The zero-order valence-electron chi connectivity index (χ0n) is 27.3. The monoisotopic (exact) mass is 666 g/mol. The number of thiazole rings is 1. The van der Waals surface area contributed by atoms with E-state index in [0.29, 0.717) is 23.6 Å². The van der Waals surface area contributed by atoms with Crippen molar-refractivity contribution in [2.75, 3.05) is 40.3 Å². The molecule has 4 bridgehead atoms. The van der Waals surface area contributed by atoms with Gasteiger partial charge in [0.05, 0.1) is 12.6 Å². The largest absolute Gasteiger partial charge is 0.443 e. The van der Waals surface area contributed by atoms with Gasteiger partial charge in [-0.05, 0) is 24.8 Å². The third kappa shape index (κ3) is 9.61. The van der Waals surface area contributed by atoms with E-state index in [2.05, 4.69) is 31.2 Å². The summed E-state index contributed by atoms with van der Waals surface area (Å²) in [7, 11) is 3.14. The van der Waals surface area contributed by atoms with Crippen molar-refractivity contribution in [3.63, 3.8) is 0 Å². The number of nitrogens with zero attached hydrogens (tertiary/aromatic N) is 4. The van der Waals surface area contributed by atoms with Gasteiger partial charge in [-0.15, -0.1) is 11.3 Å². The minimum atomic E-state index is -0.660. The highest BCUT2D eigenvalue weighted by molar-refractivity contribution is 7.09. The van der Waals surface area contributed by atoms with Crippen molar-refractivity contribution >= 4 is 41.0 Å². The number of fused-ring (bicyclic) bond motifs is 4. The summed E-state index contributed by atoms with van der Waals surface area (Å²) >= 11 is 1.26. The van der Waals surface area contributed by atoms with Gasteiger partial charge in [0, 0.05) is 52.0 Å². The molecule has 2 atom stereocenters. The lowest BCUT2D eigenvalue weighted by atomic mass is 10.0. The summed E-state index contributed by atoms with van der Waals surface area (Å²) < 4.78 is 5.97. The molecule has 0 unspecified atom stereocenters. The van der Waals surface area contributed by atoms with Crippen molar-refractivity contribution < 1.29 is 28.4 Å². The molecular weight excluding hydrogens is 624 g/mol. The van der Waals surface area contributed by atoms with Crippen molar-refractivity contribution in [3.05, 3.63) is 69.3 Å². The van der Waals surface area contributed by atoms with Crippen LogP contribution < -0.4 is 21.3 Å². The van der Waals surface area contributed by atoms with Crippen LogP contribution in [0.5, 0.6) is 0 Å². The van der Waals surface area contributed by atoms with Crippen molar-refractivity contribution in [1.29, 1.82) is 0 Å². The topological polar surface area (TPSA) is 179 Å². The molecule has 252 valence electrons. The summed E-state index contributed by atoms with van der Waals surface area (Å²) in [6.45, 7) is 5.76. The van der Waals surface area contributed by atoms with Crippen LogP contribution in [-0.4, -0.2) is 89.7 Å². The van der Waals surface area contributed by atoms with Crippen molar-refractivity contribution in [3.8, 4) is 0 Å². The van der Waals surface area contributed by atoms with E-state index >= 15 is 0 Å². The van der Waals surface area contributed by atoms with E-state index in [1.807, 2.05) is 44.2 Å². The van der Waals surface area contributed by atoms with E-state index < -0.39 is 29.9 Å². The normalized spacial score (nSPS) is 18.2. The Morgan fingerprint density at radius 2 is 1.83 bits per heavy atom. The minimum Gasteiger partial charge on any atom is -0.443 e. The van der Waals surface area contributed by atoms with Crippen LogP contribution >= 0.6 is 11.3 Å².